The van der Waals surface area contributed by atoms with E-state index in [0.29, 0.717) is 11.8 Å². The van der Waals surface area contributed by atoms with E-state index in [0.717, 1.165) is 0 Å². The monoisotopic (exact) mass is 194 g/mol. The molecule has 1 unspecified atom stereocenters. The van der Waals surface area contributed by atoms with Gasteiger partial charge in [0.25, 0.3) is 0 Å². The molecule has 0 aliphatic heterocycles. The highest BCUT2D eigenvalue weighted by atomic mass is 16.5. The lowest BCUT2D eigenvalue weighted by Gasteiger charge is -2.30. The van der Waals surface area contributed by atoms with Gasteiger partial charge in [-0.15, -0.1) is 13.2 Å². The van der Waals surface area contributed by atoms with Crippen molar-refractivity contribution in [2.24, 2.45) is 11.8 Å². The van der Waals surface area contributed by atoms with Crippen molar-refractivity contribution in [1.29, 1.82) is 0 Å². The maximum atomic E-state index is 6.06. The molecule has 0 amide bonds. The van der Waals surface area contributed by atoms with Crippen LogP contribution in [0.25, 0.3) is 0 Å². The van der Waals surface area contributed by atoms with E-state index >= 15 is 0 Å². The Morgan fingerprint density at radius 2 is 1.50 bits per heavy atom. The first-order valence-electron chi connectivity index (χ1n) is 5.41. The molecule has 0 aromatic carbocycles. The third-order valence-corrected chi connectivity index (χ3v) is 2.77. The first-order chi connectivity index (χ1) is 6.48. The number of hydrogen-bond acceptors (Lipinski definition) is 1. The zero-order valence-corrected chi connectivity index (χ0v) is 9.62. The zero-order chi connectivity index (χ0) is 10.8. The third kappa shape index (κ3) is 2.71. The van der Waals surface area contributed by atoms with Crippen LogP contribution in [0.15, 0.2) is 25.3 Å². The van der Waals surface area contributed by atoms with Crippen molar-refractivity contribution in [2.45, 2.75) is 45.3 Å². The molecular formula is C13H22O. The largest absolute Gasteiger partial charge is 0.371 e. The van der Waals surface area contributed by atoms with E-state index in [1.54, 1.807) is 0 Å². The molecular weight excluding hydrogens is 172 g/mol. The average Bonchev–Trinajstić information content (AvgIpc) is 2.44. The van der Waals surface area contributed by atoms with Gasteiger partial charge in [-0.2, -0.15) is 0 Å². The molecule has 0 heterocycles. The molecule has 0 radical (unpaired) electrons. The summed E-state index contributed by atoms with van der Waals surface area (Å²) in [5.74, 6) is 0.995. The van der Waals surface area contributed by atoms with Gasteiger partial charge in [0.2, 0.25) is 0 Å². The fraction of sp³-hybridized carbons (Fsp3) is 0.692. The molecule has 3 atom stereocenters. The Labute approximate surface area is 87.8 Å². The van der Waals surface area contributed by atoms with Crippen LogP contribution in [0, 0.1) is 11.8 Å². The van der Waals surface area contributed by atoms with E-state index in [1.807, 2.05) is 12.2 Å². The minimum absolute atomic E-state index is 0.0719. The molecule has 14 heavy (non-hydrogen) atoms. The predicted molar refractivity (Wildman–Crippen MR) is 61.2 cm³/mol. The molecule has 1 fully saturated rings. The fourth-order valence-corrected chi connectivity index (χ4v) is 2.12. The van der Waals surface area contributed by atoms with Crippen molar-refractivity contribution < 1.29 is 4.74 Å². The molecule has 80 valence electrons. The van der Waals surface area contributed by atoms with Crippen molar-refractivity contribution in [1.82, 2.24) is 0 Å². The van der Waals surface area contributed by atoms with Crippen LogP contribution in [-0.2, 0) is 4.74 Å². The number of hydrogen-bond donors (Lipinski definition) is 0. The summed E-state index contributed by atoms with van der Waals surface area (Å²) in [5.41, 5.74) is -0.0719. The SMILES string of the molecule is C=C[C@@H]1CC[C@H](C=C)C1OC(C)(C)C. The number of rotatable bonds is 3. The molecule has 1 aliphatic rings. The van der Waals surface area contributed by atoms with Gasteiger partial charge < -0.3 is 4.74 Å². The van der Waals surface area contributed by atoms with Crippen LogP contribution in [0.5, 0.6) is 0 Å². The Kier molecular flexibility index (Phi) is 3.54. The lowest BCUT2D eigenvalue weighted by Crippen LogP contribution is -2.32. The van der Waals surface area contributed by atoms with Crippen LogP contribution in [-0.4, -0.2) is 11.7 Å². The molecule has 0 bridgehead atoms. The summed E-state index contributed by atoms with van der Waals surface area (Å²) >= 11 is 0. The lowest BCUT2D eigenvalue weighted by molar-refractivity contribution is -0.0798. The van der Waals surface area contributed by atoms with Crippen LogP contribution in [0.3, 0.4) is 0 Å². The highest BCUT2D eigenvalue weighted by Gasteiger charge is 2.35. The molecule has 0 N–H and O–H groups in total. The second-order valence-corrected chi connectivity index (χ2v) is 5.07. The van der Waals surface area contributed by atoms with Crippen LogP contribution in [0.2, 0.25) is 0 Å². The topological polar surface area (TPSA) is 9.23 Å². The molecule has 1 heteroatoms. The molecule has 1 rings (SSSR count). The van der Waals surface area contributed by atoms with Crippen molar-refractivity contribution in [3.63, 3.8) is 0 Å². The van der Waals surface area contributed by atoms with Gasteiger partial charge in [-0.3, -0.25) is 0 Å². The van der Waals surface area contributed by atoms with Crippen molar-refractivity contribution in [2.75, 3.05) is 0 Å². The molecule has 1 aliphatic carbocycles. The van der Waals surface area contributed by atoms with E-state index < -0.39 is 0 Å². The Hall–Kier alpha value is -0.560. The van der Waals surface area contributed by atoms with Gasteiger partial charge in [-0.25, -0.2) is 0 Å². The van der Waals surface area contributed by atoms with Gasteiger partial charge in [0.1, 0.15) is 0 Å². The first kappa shape index (κ1) is 11.5. The van der Waals surface area contributed by atoms with Crippen LogP contribution in [0.1, 0.15) is 33.6 Å². The summed E-state index contributed by atoms with van der Waals surface area (Å²) in [6.45, 7) is 14.1. The highest BCUT2D eigenvalue weighted by molar-refractivity contribution is 5.01. The second-order valence-electron chi connectivity index (χ2n) is 5.07. The molecule has 1 saturated carbocycles. The van der Waals surface area contributed by atoms with E-state index in [4.69, 9.17) is 4.74 Å². The van der Waals surface area contributed by atoms with Gasteiger partial charge in [0.05, 0.1) is 11.7 Å². The predicted octanol–water partition coefficient (Wildman–Crippen LogP) is 3.57. The summed E-state index contributed by atoms with van der Waals surface area (Å²) in [6.07, 6.45) is 6.70. The molecule has 0 spiro atoms. The maximum Gasteiger partial charge on any atom is 0.0707 e. The Morgan fingerprint density at radius 1 is 1.07 bits per heavy atom. The van der Waals surface area contributed by atoms with Gasteiger partial charge in [-0.1, -0.05) is 12.2 Å². The normalized spacial score (nSPS) is 32.9. The van der Waals surface area contributed by atoms with Crippen molar-refractivity contribution in [3.8, 4) is 0 Å². The quantitative estimate of drug-likeness (QED) is 0.624. The minimum atomic E-state index is -0.0719. The smallest absolute Gasteiger partial charge is 0.0707 e. The molecule has 0 aromatic heterocycles. The van der Waals surface area contributed by atoms with Gasteiger partial charge in [-0.05, 0) is 33.6 Å². The Bertz CT molecular complexity index is 196. The summed E-state index contributed by atoms with van der Waals surface area (Å²) in [5, 5.41) is 0. The Balaban J connectivity index is 2.69. The Morgan fingerprint density at radius 3 is 1.79 bits per heavy atom. The highest BCUT2D eigenvalue weighted by Crippen LogP contribution is 2.37. The van der Waals surface area contributed by atoms with Crippen LogP contribution in [0.4, 0.5) is 0 Å². The summed E-state index contributed by atoms with van der Waals surface area (Å²) in [6, 6.07) is 0. The zero-order valence-electron chi connectivity index (χ0n) is 9.62. The minimum Gasteiger partial charge on any atom is -0.371 e. The average molecular weight is 194 g/mol. The van der Waals surface area contributed by atoms with E-state index in [2.05, 4.69) is 33.9 Å². The standard InChI is InChI=1S/C13H22O/c1-6-10-8-9-11(7-2)12(10)14-13(3,4)5/h6-7,10-12H,1-2,8-9H2,3-5H3/t10-,11+,12?. The maximum absolute atomic E-state index is 6.06. The van der Waals surface area contributed by atoms with Crippen molar-refractivity contribution in [3.05, 3.63) is 25.3 Å². The van der Waals surface area contributed by atoms with Crippen molar-refractivity contribution >= 4 is 0 Å². The molecule has 1 nitrogen and oxygen atoms in total. The second kappa shape index (κ2) is 4.31. The summed E-state index contributed by atoms with van der Waals surface area (Å²) in [7, 11) is 0. The molecule has 0 aromatic rings. The van der Waals surface area contributed by atoms with Gasteiger partial charge in [0.15, 0.2) is 0 Å². The summed E-state index contributed by atoms with van der Waals surface area (Å²) < 4.78 is 6.06. The summed E-state index contributed by atoms with van der Waals surface area (Å²) in [4.78, 5) is 0. The van der Waals surface area contributed by atoms with E-state index in [9.17, 15) is 0 Å². The van der Waals surface area contributed by atoms with Gasteiger partial charge >= 0.3 is 0 Å². The first-order valence-corrected chi connectivity index (χ1v) is 5.41. The van der Waals surface area contributed by atoms with E-state index in [-0.39, 0.29) is 11.7 Å². The van der Waals surface area contributed by atoms with Crippen LogP contribution < -0.4 is 0 Å². The number of ether oxygens (including phenoxy) is 1. The van der Waals surface area contributed by atoms with Crippen LogP contribution >= 0.6 is 0 Å². The lowest BCUT2D eigenvalue weighted by atomic mass is 9.99. The van der Waals surface area contributed by atoms with E-state index in [1.165, 1.54) is 12.8 Å². The van der Waals surface area contributed by atoms with Gasteiger partial charge in [0, 0.05) is 11.8 Å². The fourth-order valence-electron chi connectivity index (χ4n) is 2.12. The molecule has 0 saturated heterocycles. The third-order valence-electron chi connectivity index (χ3n) is 2.77.